The Bertz CT molecular complexity index is 1980. The monoisotopic (exact) mass is 1000 g/mol. The van der Waals surface area contributed by atoms with E-state index in [4.69, 9.17) is 4.07 Å². The van der Waals surface area contributed by atoms with Crippen LogP contribution in [0, 0.1) is 0 Å². The van der Waals surface area contributed by atoms with Crippen molar-refractivity contribution in [3.05, 3.63) is 126 Å². The predicted octanol–water partition coefficient (Wildman–Crippen LogP) is 16.9. The molecule has 65 heavy (non-hydrogen) atoms. The summed E-state index contributed by atoms with van der Waals surface area (Å²) in [6.07, 6.45) is 0. The average molecular weight is 1000 g/mol. The van der Waals surface area contributed by atoms with Crippen molar-refractivity contribution in [3.63, 3.8) is 0 Å². The summed E-state index contributed by atoms with van der Waals surface area (Å²) in [6, 6.07) is 19.8. The third kappa shape index (κ3) is 13.9. The number of azide groups is 1. The third-order valence-corrected chi connectivity index (χ3v) is 21.9. The average Bonchev–Trinajstić information content (AvgIpc) is 3.21. The van der Waals surface area contributed by atoms with Gasteiger partial charge in [-0.05, 0) is 0 Å². The zero-order valence-electron chi connectivity index (χ0n) is 45.9. The van der Waals surface area contributed by atoms with Gasteiger partial charge in [0.25, 0.3) is 0 Å². The van der Waals surface area contributed by atoms with Gasteiger partial charge in [0, 0.05) is 0 Å². The van der Waals surface area contributed by atoms with E-state index >= 15 is 0 Å². The van der Waals surface area contributed by atoms with Crippen LogP contribution in [0.5, 0.6) is 0 Å². The van der Waals surface area contributed by atoms with Crippen LogP contribution in [0.2, 0.25) is 0 Å². The summed E-state index contributed by atoms with van der Waals surface area (Å²) in [7, 11) is 0. The first-order chi connectivity index (χ1) is 30.2. The summed E-state index contributed by atoms with van der Waals surface area (Å²) in [5.41, 5.74) is 27.6. The number of rotatable bonds is 17. The molecule has 4 aromatic carbocycles. The fourth-order valence-electron chi connectivity index (χ4n) is 9.05. The molecule has 0 saturated heterocycles. The van der Waals surface area contributed by atoms with E-state index in [1.165, 1.54) is 53.3 Å². The van der Waals surface area contributed by atoms with Gasteiger partial charge in [0.1, 0.15) is 0 Å². The molecule has 4 aromatic rings. The molecule has 0 aliphatic carbocycles. The van der Waals surface area contributed by atoms with Crippen molar-refractivity contribution < 1.29 is 0 Å². The van der Waals surface area contributed by atoms with Crippen molar-refractivity contribution in [1.29, 1.82) is 0 Å². The van der Waals surface area contributed by atoms with Gasteiger partial charge in [0.15, 0.2) is 0 Å². The molecule has 5 heteroatoms. The second-order valence-corrected chi connectivity index (χ2v) is 29.4. The van der Waals surface area contributed by atoms with E-state index < -0.39 is 30.0 Å². The van der Waals surface area contributed by atoms with E-state index in [0.29, 0.717) is 71.0 Å². The molecule has 0 spiro atoms. The van der Waals surface area contributed by atoms with E-state index in [-0.39, 0.29) is 0 Å². The van der Waals surface area contributed by atoms with Crippen LogP contribution in [-0.2, 0) is 0 Å². The molecule has 3 radical (unpaired) electrons. The Balaban J connectivity index is 0.000000347. The Labute approximate surface area is 412 Å². The summed E-state index contributed by atoms with van der Waals surface area (Å²) in [4.78, 5) is 3.50. The first-order valence-corrected chi connectivity index (χ1v) is 30.7. The Kier molecular flexibility index (Phi) is 21.4. The van der Waals surface area contributed by atoms with E-state index in [1.807, 2.05) is 0 Å². The maximum atomic E-state index is 9.86. The molecule has 4 rings (SSSR count). The standard InChI is InChI=1S/C30H46GeN3.C30H46Ge/c1-17(2)23-13-25(19(5)6)29(26(14-23)20(7)8)31(33-34-32)30-27(21(9)10)15-24(18(3)4)16-28(30)22(11)12;1-17(2)23-13-25(19(5)6)29(26(14-23)20(7)8)31-30-27(21(9)10)15-24(18(3)4)16-28(30)22(11)12/h13-22H,1-12H3;13-22H,1-12H3. The maximum absolute atomic E-state index is 9.86. The van der Waals surface area contributed by atoms with Gasteiger partial charge in [-0.25, -0.2) is 0 Å². The minimum absolute atomic E-state index is 0.377. The van der Waals surface area contributed by atoms with Gasteiger partial charge in [-0.1, -0.05) is 0 Å². The molecule has 0 N–H and O–H groups in total. The van der Waals surface area contributed by atoms with Crippen molar-refractivity contribution >= 4 is 47.6 Å². The Morgan fingerprint density at radius 2 is 0.508 bits per heavy atom. The van der Waals surface area contributed by atoms with Crippen LogP contribution in [0.15, 0.2) is 52.6 Å². The quantitative estimate of drug-likeness (QED) is 0.0438. The van der Waals surface area contributed by atoms with Crippen LogP contribution < -0.4 is 17.6 Å². The van der Waals surface area contributed by atoms with Crippen LogP contribution in [0.25, 0.3) is 10.4 Å². The molecule has 0 aliphatic rings. The Morgan fingerprint density at radius 1 is 0.323 bits per heavy atom. The predicted molar refractivity (Wildman–Crippen MR) is 294 cm³/mol. The van der Waals surface area contributed by atoms with Gasteiger partial charge in [0.2, 0.25) is 0 Å². The SMILES string of the molecule is CC(C)c1cc(C(C)C)[c]([Ge]([N]=[N+]=[N-])[c]2c(C(C)C)cc(C(C)C)cc2C(C)C)c(C(C)C)c1.CC(C)c1cc(C(C)C)[c]([Ge][c]2c(C(C)C)cc(C(C)C)cc2C(C)C)c(C(C)C)c1. The molecular weight excluding hydrogens is 908 g/mol. The molecule has 0 atom stereocenters. The minimum atomic E-state index is -2.61. The molecule has 0 aliphatic heterocycles. The molecule has 0 aromatic heterocycles. The van der Waals surface area contributed by atoms with Crippen LogP contribution in [0.3, 0.4) is 0 Å². The van der Waals surface area contributed by atoms with Crippen molar-refractivity contribution in [2.24, 2.45) is 4.07 Å². The third-order valence-electron chi connectivity index (χ3n) is 13.4. The molecule has 355 valence electrons. The van der Waals surface area contributed by atoms with Crippen LogP contribution in [0.1, 0.15) is 304 Å². The Morgan fingerprint density at radius 3 is 0.662 bits per heavy atom. The van der Waals surface area contributed by atoms with Gasteiger partial charge >= 0.3 is 415 Å². The molecule has 0 fully saturated rings. The Hall–Kier alpha value is -2.72. The first-order valence-electron chi connectivity index (χ1n) is 25.6. The zero-order chi connectivity index (χ0) is 49.5. The second kappa shape index (κ2) is 24.5. The number of hydrogen-bond donors (Lipinski definition) is 0. The zero-order valence-corrected chi connectivity index (χ0v) is 50.1. The molecule has 0 unspecified atom stereocenters. The van der Waals surface area contributed by atoms with Crippen LogP contribution >= 0.6 is 0 Å². The number of hydrogen-bond acceptors (Lipinski definition) is 1. The topological polar surface area (TPSA) is 48.8 Å². The molecule has 0 bridgehead atoms. The fourth-order valence-corrected chi connectivity index (χ4v) is 20.3. The molecular formula is C60H92Ge2N3. The van der Waals surface area contributed by atoms with E-state index in [9.17, 15) is 5.53 Å². The molecule has 0 heterocycles. The van der Waals surface area contributed by atoms with E-state index in [2.05, 4.69) is 220 Å². The summed E-state index contributed by atoms with van der Waals surface area (Å²) >= 11 is -3.04. The van der Waals surface area contributed by atoms with Crippen LogP contribution in [0.4, 0.5) is 0 Å². The number of benzene rings is 4. The molecule has 0 saturated carbocycles. The van der Waals surface area contributed by atoms with Gasteiger partial charge in [-0.15, -0.1) is 0 Å². The van der Waals surface area contributed by atoms with Crippen molar-refractivity contribution in [2.75, 3.05) is 0 Å². The van der Waals surface area contributed by atoms with E-state index in [1.54, 1.807) is 31.0 Å². The summed E-state index contributed by atoms with van der Waals surface area (Å²) < 4.78 is 10.9. The number of nitrogens with zero attached hydrogens (tertiary/aromatic N) is 3. The van der Waals surface area contributed by atoms with Gasteiger partial charge < -0.3 is 0 Å². The normalized spacial score (nSPS) is 12.3. The molecule has 0 amide bonds. The summed E-state index contributed by atoms with van der Waals surface area (Å²) in [5, 5.41) is 0. The summed E-state index contributed by atoms with van der Waals surface area (Å²) in [5.74, 6) is 5.85. The summed E-state index contributed by atoms with van der Waals surface area (Å²) in [6.45, 7) is 55.7. The molecule has 3 nitrogen and oxygen atoms in total. The van der Waals surface area contributed by atoms with E-state index in [0.717, 1.165) is 0 Å². The van der Waals surface area contributed by atoms with Crippen LogP contribution in [-0.4, -0.2) is 30.0 Å². The van der Waals surface area contributed by atoms with Crippen molar-refractivity contribution in [2.45, 2.75) is 237 Å². The van der Waals surface area contributed by atoms with Crippen molar-refractivity contribution in [3.8, 4) is 0 Å². The van der Waals surface area contributed by atoms with Gasteiger partial charge in [-0.3, -0.25) is 0 Å². The fraction of sp³-hybridized carbons (Fsp3) is 0.600. The second-order valence-electron chi connectivity index (χ2n) is 22.8. The first kappa shape index (κ1) is 56.6. The van der Waals surface area contributed by atoms with Gasteiger partial charge in [-0.2, -0.15) is 0 Å². The van der Waals surface area contributed by atoms with Crippen molar-refractivity contribution in [1.82, 2.24) is 0 Å². The van der Waals surface area contributed by atoms with Gasteiger partial charge in [0.05, 0.1) is 0 Å².